The van der Waals surface area contributed by atoms with E-state index >= 15 is 0 Å². The van der Waals surface area contributed by atoms with Gasteiger partial charge >= 0.3 is 0 Å². The molecule has 0 N–H and O–H groups in total. The van der Waals surface area contributed by atoms with E-state index in [0.717, 1.165) is 0 Å². The second-order valence-corrected chi connectivity index (χ2v) is 5.28. The molecular formula is C12H13N3O3S. The monoisotopic (exact) mass is 279 g/mol. The van der Waals surface area contributed by atoms with E-state index in [0.29, 0.717) is 0 Å². The maximum atomic E-state index is 12.1. The lowest BCUT2D eigenvalue weighted by molar-refractivity contribution is 0.115. The van der Waals surface area contributed by atoms with Crippen molar-refractivity contribution >= 4 is 10.0 Å². The van der Waals surface area contributed by atoms with E-state index < -0.39 is 10.0 Å². The van der Waals surface area contributed by atoms with Crippen molar-refractivity contribution in [1.82, 2.24) is 9.78 Å². The van der Waals surface area contributed by atoms with Crippen LogP contribution in [0, 0.1) is 0 Å². The van der Waals surface area contributed by atoms with E-state index in [2.05, 4.69) is 9.50 Å². The zero-order valence-electron chi connectivity index (χ0n) is 10.3. The topological polar surface area (TPSA) is 73.5 Å². The largest absolute Gasteiger partial charge is 0.362 e. The van der Waals surface area contributed by atoms with E-state index in [1.807, 2.05) is 0 Å². The molecule has 0 aliphatic carbocycles. The van der Waals surface area contributed by atoms with E-state index in [4.69, 9.17) is 4.74 Å². The van der Waals surface area contributed by atoms with Gasteiger partial charge in [-0.2, -0.15) is 13.5 Å². The summed E-state index contributed by atoms with van der Waals surface area (Å²) < 4.78 is 34.3. The van der Waals surface area contributed by atoms with Crippen molar-refractivity contribution in [2.24, 2.45) is 4.40 Å². The lowest BCUT2D eigenvalue weighted by Gasteiger charge is -2.04. The van der Waals surface area contributed by atoms with Crippen molar-refractivity contribution in [2.45, 2.75) is 11.6 Å². The normalized spacial score (nSPS) is 12.6. The van der Waals surface area contributed by atoms with Gasteiger partial charge in [0.25, 0.3) is 10.0 Å². The quantitative estimate of drug-likeness (QED) is 0.829. The average molecular weight is 279 g/mol. The van der Waals surface area contributed by atoms with Gasteiger partial charge in [0.1, 0.15) is 6.73 Å². The Balaban J connectivity index is 2.52. The molecule has 7 heteroatoms. The van der Waals surface area contributed by atoms with Gasteiger partial charge in [0.05, 0.1) is 4.90 Å². The molecule has 6 nitrogen and oxygen atoms in total. The summed E-state index contributed by atoms with van der Waals surface area (Å²) in [6.45, 7) is 0.129. The van der Waals surface area contributed by atoms with Gasteiger partial charge in [0, 0.05) is 13.3 Å². The Morgan fingerprint density at radius 3 is 2.63 bits per heavy atom. The summed E-state index contributed by atoms with van der Waals surface area (Å²) in [7, 11) is -2.25. The summed E-state index contributed by atoms with van der Waals surface area (Å²) in [5.74, 6) is 0. The SMILES string of the molecule is COCn1nccc/c1=N\S(=O)(=O)c1ccccc1. The summed E-state index contributed by atoms with van der Waals surface area (Å²) in [4.78, 5) is 0.141. The predicted molar refractivity (Wildman–Crippen MR) is 68.4 cm³/mol. The maximum Gasteiger partial charge on any atom is 0.284 e. The van der Waals surface area contributed by atoms with Gasteiger partial charge in [-0.25, -0.2) is 4.68 Å². The van der Waals surface area contributed by atoms with Crippen LogP contribution in [0.25, 0.3) is 0 Å². The molecule has 0 atom stereocenters. The molecular weight excluding hydrogens is 266 g/mol. The number of rotatable bonds is 4. The van der Waals surface area contributed by atoms with Crippen LogP contribution >= 0.6 is 0 Å². The lowest BCUT2D eigenvalue weighted by atomic mass is 10.4. The molecule has 0 amide bonds. The fourth-order valence-electron chi connectivity index (χ4n) is 1.46. The molecule has 1 aromatic heterocycles. The summed E-state index contributed by atoms with van der Waals surface area (Å²) in [5.41, 5.74) is 0.216. The second-order valence-electron chi connectivity index (χ2n) is 3.68. The molecule has 0 saturated carbocycles. The molecule has 0 spiro atoms. The van der Waals surface area contributed by atoms with Crippen LogP contribution in [0.1, 0.15) is 0 Å². The van der Waals surface area contributed by atoms with Crippen LogP contribution in [0.2, 0.25) is 0 Å². The molecule has 0 radical (unpaired) electrons. The van der Waals surface area contributed by atoms with Crippen LogP contribution in [0.15, 0.2) is 58.0 Å². The van der Waals surface area contributed by atoms with Crippen molar-refractivity contribution < 1.29 is 13.2 Å². The third-order valence-corrected chi connectivity index (χ3v) is 3.60. The third-order valence-electron chi connectivity index (χ3n) is 2.31. The maximum absolute atomic E-state index is 12.1. The highest BCUT2D eigenvalue weighted by Gasteiger charge is 2.11. The van der Waals surface area contributed by atoms with Crippen LogP contribution in [0.5, 0.6) is 0 Å². The van der Waals surface area contributed by atoms with E-state index in [1.54, 1.807) is 30.3 Å². The molecule has 100 valence electrons. The highest BCUT2D eigenvalue weighted by Crippen LogP contribution is 2.09. The summed E-state index contributed by atoms with van der Waals surface area (Å²) in [5, 5.41) is 3.98. The zero-order chi connectivity index (χ0) is 13.7. The second kappa shape index (κ2) is 5.77. The minimum absolute atomic E-state index is 0.129. The minimum atomic E-state index is -3.75. The summed E-state index contributed by atoms with van der Waals surface area (Å²) >= 11 is 0. The Morgan fingerprint density at radius 1 is 1.21 bits per heavy atom. The van der Waals surface area contributed by atoms with E-state index in [-0.39, 0.29) is 17.1 Å². The number of sulfonamides is 1. The molecule has 0 bridgehead atoms. The fourth-order valence-corrected chi connectivity index (χ4v) is 2.47. The molecule has 0 saturated heterocycles. The number of ether oxygens (including phenoxy) is 1. The van der Waals surface area contributed by atoms with Crippen molar-refractivity contribution in [2.75, 3.05) is 7.11 Å². The van der Waals surface area contributed by atoms with E-state index in [1.165, 1.54) is 30.1 Å². The highest BCUT2D eigenvalue weighted by molar-refractivity contribution is 7.90. The van der Waals surface area contributed by atoms with Crippen LogP contribution in [-0.4, -0.2) is 25.3 Å². The number of hydrogen-bond donors (Lipinski definition) is 0. The Morgan fingerprint density at radius 2 is 1.95 bits per heavy atom. The number of benzene rings is 1. The van der Waals surface area contributed by atoms with Gasteiger partial charge in [-0.3, -0.25) is 0 Å². The first kappa shape index (κ1) is 13.4. The number of nitrogens with zero attached hydrogens (tertiary/aromatic N) is 3. The summed E-state index contributed by atoms with van der Waals surface area (Å²) in [6.07, 6.45) is 1.53. The van der Waals surface area contributed by atoms with Crippen molar-refractivity contribution in [1.29, 1.82) is 0 Å². The number of methoxy groups -OCH3 is 1. The molecule has 1 heterocycles. The fraction of sp³-hybridized carbons (Fsp3) is 0.167. The zero-order valence-corrected chi connectivity index (χ0v) is 11.1. The minimum Gasteiger partial charge on any atom is -0.362 e. The van der Waals surface area contributed by atoms with Crippen LogP contribution in [0.4, 0.5) is 0 Å². The standard InChI is InChI=1S/C12H13N3O3S/c1-18-10-15-12(8-5-9-13-15)14-19(16,17)11-6-3-2-4-7-11/h2-9H,10H2,1H3/b14-12+. The molecule has 19 heavy (non-hydrogen) atoms. The lowest BCUT2D eigenvalue weighted by Crippen LogP contribution is -2.25. The van der Waals surface area contributed by atoms with Gasteiger partial charge in [-0.1, -0.05) is 18.2 Å². The van der Waals surface area contributed by atoms with Gasteiger partial charge in [-0.05, 0) is 24.3 Å². The first-order valence-corrected chi connectivity index (χ1v) is 6.94. The van der Waals surface area contributed by atoms with E-state index in [9.17, 15) is 8.42 Å². The smallest absolute Gasteiger partial charge is 0.284 e. The first-order chi connectivity index (χ1) is 9.13. The molecule has 0 aliphatic heterocycles. The third kappa shape index (κ3) is 3.27. The van der Waals surface area contributed by atoms with Crippen molar-refractivity contribution in [3.05, 3.63) is 54.1 Å². The van der Waals surface area contributed by atoms with Crippen LogP contribution < -0.4 is 5.49 Å². The van der Waals surface area contributed by atoms with Gasteiger partial charge < -0.3 is 4.74 Å². The Labute approximate surface area is 111 Å². The first-order valence-electron chi connectivity index (χ1n) is 5.50. The van der Waals surface area contributed by atoms with Crippen molar-refractivity contribution in [3.8, 4) is 0 Å². The average Bonchev–Trinajstić information content (AvgIpc) is 2.42. The Hall–Kier alpha value is -1.99. The van der Waals surface area contributed by atoms with Crippen LogP contribution in [0.3, 0.4) is 0 Å². The Kier molecular flexibility index (Phi) is 4.08. The van der Waals surface area contributed by atoms with Gasteiger partial charge in [0.2, 0.25) is 0 Å². The van der Waals surface area contributed by atoms with Gasteiger partial charge in [-0.15, -0.1) is 4.40 Å². The number of hydrogen-bond acceptors (Lipinski definition) is 4. The molecule has 0 unspecified atom stereocenters. The molecule has 0 aliphatic rings. The van der Waals surface area contributed by atoms with Gasteiger partial charge in [0.15, 0.2) is 5.49 Å². The predicted octanol–water partition coefficient (Wildman–Crippen LogP) is 0.777. The van der Waals surface area contributed by atoms with Crippen LogP contribution in [-0.2, 0) is 21.5 Å². The number of aromatic nitrogens is 2. The molecule has 2 aromatic rings. The molecule has 1 aromatic carbocycles. The highest BCUT2D eigenvalue weighted by atomic mass is 32.2. The molecule has 0 fully saturated rings. The Bertz CT molecular complexity index is 708. The summed E-state index contributed by atoms with van der Waals surface area (Å²) in [6, 6.07) is 11.2. The van der Waals surface area contributed by atoms with Crippen molar-refractivity contribution in [3.63, 3.8) is 0 Å². The molecule has 2 rings (SSSR count).